The van der Waals surface area contributed by atoms with Gasteiger partial charge in [0.05, 0.1) is 11.4 Å². The molecule has 0 saturated carbocycles. The van der Waals surface area contributed by atoms with Crippen molar-refractivity contribution in [2.75, 3.05) is 13.1 Å². The number of carbonyl (C=O) groups excluding carboxylic acids is 1. The number of halogens is 1. The van der Waals surface area contributed by atoms with E-state index in [1.54, 1.807) is 19.1 Å². The molecule has 0 aliphatic rings. The van der Waals surface area contributed by atoms with Crippen molar-refractivity contribution in [3.63, 3.8) is 0 Å². The Hall–Kier alpha value is -0.920. The van der Waals surface area contributed by atoms with Crippen LogP contribution >= 0.6 is 15.9 Å². The summed E-state index contributed by atoms with van der Waals surface area (Å²) in [5.74, 6) is -0.0132. The number of sulfonamides is 1. The van der Waals surface area contributed by atoms with E-state index >= 15 is 0 Å². The highest BCUT2D eigenvalue weighted by molar-refractivity contribution is 9.10. The van der Waals surface area contributed by atoms with Crippen LogP contribution in [0.5, 0.6) is 0 Å². The van der Waals surface area contributed by atoms with E-state index in [2.05, 4.69) is 26.0 Å². The van der Waals surface area contributed by atoms with Gasteiger partial charge in [0.25, 0.3) is 0 Å². The van der Waals surface area contributed by atoms with Crippen molar-refractivity contribution >= 4 is 31.9 Å². The van der Waals surface area contributed by atoms with Gasteiger partial charge in [-0.1, -0.05) is 29.8 Å². The van der Waals surface area contributed by atoms with Gasteiger partial charge >= 0.3 is 0 Å². The first-order valence-electron chi connectivity index (χ1n) is 6.25. The quantitative estimate of drug-likeness (QED) is 0.810. The van der Waals surface area contributed by atoms with Crippen molar-refractivity contribution in [2.24, 2.45) is 5.92 Å². The minimum absolute atomic E-state index is 0.148. The predicted octanol–water partition coefficient (Wildman–Crippen LogP) is 1.81. The SMILES string of the molecule is Cc1cc(S(=O)(=O)NCC(=O)NCC(C)C)ccc1Br. The van der Waals surface area contributed by atoms with Gasteiger partial charge in [-0.3, -0.25) is 4.79 Å². The molecule has 0 aliphatic carbocycles. The molecule has 5 nitrogen and oxygen atoms in total. The summed E-state index contributed by atoms with van der Waals surface area (Å²) in [6.07, 6.45) is 0. The highest BCUT2D eigenvalue weighted by Gasteiger charge is 2.16. The van der Waals surface area contributed by atoms with E-state index in [9.17, 15) is 13.2 Å². The molecular weight excluding hydrogens is 344 g/mol. The van der Waals surface area contributed by atoms with Gasteiger partial charge in [-0.15, -0.1) is 0 Å². The minimum atomic E-state index is -3.66. The average Bonchev–Trinajstić information content (AvgIpc) is 2.37. The molecule has 0 aliphatic heterocycles. The van der Waals surface area contributed by atoms with E-state index in [1.807, 2.05) is 13.8 Å². The summed E-state index contributed by atoms with van der Waals surface area (Å²) in [6.45, 7) is 6.00. The first-order valence-corrected chi connectivity index (χ1v) is 8.52. The molecule has 1 aromatic rings. The second-order valence-corrected chi connectivity index (χ2v) is 7.55. The maximum absolute atomic E-state index is 12.0. The number of benzene rings is 1. The van der Waals surface area contributed by atoms with Crippen molar-refractivity contribution in [1.29, 1.82) is 0 Å². The van der Waals surface area contributed by atoms with E-state index in [0.717, 1.165) is 10.0 Å². The third-order valence-corrected chi connectivity index (χ3v) is 4.86. The molecule has 112 valence electrons. The van der Waals surface area contributed by atoms with Crippen LogP contribution in [-0.4, -0.2) is 27.4 Å². The van der Waals surface area contributed by atoms with Crippen LogP contribution in [0.4, 0.5) is 0 Å². The molecule has 7 heteroatoms. The highest BCUT2D eigenvalue weighted by atomic mass is 79.9. The Morgan fingerprint density at radius 3 is 2.55 bits per heavy atom. The predicted molar refractivity (Wildman–Crippen MR) is 81.9 cm³/mol. The third-order valence-electron chi connectivity index (χ3n) is 2.57. The van der Waals surface area contributed by atoms with Crippen molar-refractivity contribution < 1.29 is 13.2 Å². The molecule has 1 aromatic carbocycles. The van der Waals surface area contributed by atoms with Gasteiger partial charge in [-0.2, -0.15) is 0 Å². The molecular formula is C13H19BrN2O3S. The van der Waals surface area contributed by atoms with Crippen molar-refractivity contribution in [3.05, 3.63) is 28.2 Å². The molecule has 0 bridgehead atoms. The Bertz CT molecular complexity index is 585. The summed E-state index contributed by atoms with van der Waals surface area (Å²) in [6, 6.07) is 4.71. The monoisotopic (exact) mass is 362 g/mol. The Morgan fingerprint density at radius 2 is 2.00 bits per heavy atom. The Morgan fingerprint density at radius 1 is 1.35 bits per heavy atom. The van der Waals surface area contributed by atoms with Crippen molar-refractivity contribution in [1.82, 2.24) is 10.0 Å². The van der Waals surface area contributed by atoms with E-state index in [1.165, 1.54) is 6.07 Å². The zero-order valence-electron chi connectivity index (χ0n) is 11.7. The van der Waals surface area contributed by atoms with Crippen LogP contribution in [0.3, 0.4) is 0 Å². The van der Waals surface area contributed by atoms with Gasteiger partial charge in [-0.05, 0) is 36.6 Å². The van der Waals surface area contributed by atoms with Crippen LogP contribution in [0.2, 0.25) is 0 Å². The summed E-state index contributed by atoms with van der Waals surface area (Å²) in [5, 5.41) is 2.65. The minimum Gasteiger partial charge on any atom is -0.355 e. The molecule has 0 saturated heterocycles. The largest absolute Gasteiger partial charge is 0.355 e. The maximum Gasteiger partial charge on any atom is 0.241 e. The van der Waals surface area contributed by atoms with E-state index in [4.69, 9.17) is 0 Å². The van der Waals surface area contributed by atoms with Crippen LogP contribution in [0.15, 0.2) is 27.6 Å². The fraction of sp³-hybridized carbons (Fsp3) is 0.462. The molecule has 2 N–H and O–H groups in total. The molecule has 1 amide bonds. The summed E-state index contributed by atoms with van der Waals surface area (Å²) in [7, 11) is -3.66. The van der Waals surface area contributed by atoms with Gasteiger partial charge in [0.1, 0.15) is 0 Å². The van der Waals surface area contributed by atoms with Gasteiger partial charge in [0.2, 0.25) is 15.9 Å². The van der Waals surface area contributed by atoms with Gasteiger partial charge in [0.15, 0.2) is 0 Å². The molecule has 0 radical (unpaired) electrons. The summed E-state index contributed by atoms with van der Waals surface area (Å²) < 4.78 is 27.2. The first kappa shape index (κ1) is 17.1. The lowest BCUT2D eigenvalue weighted by molar-refractivity contribution is -0.120. The summed E-state index contributed by atoms with van der Waals surface area (Å²) in [4.78, 5) is 11.6. The molecule has 0 spiro atoms. The van der Waals surface area contributed by atoms with E-state index < -0.39 is 10.0 Å². The topological polar surface area (TPSA) is 75.3 Å². The van der Waals surface area contributed by atoms with Gasteiger partial charge in [-0.25, -0.2) is 13.1 Å². The van der Waals surface area contributed by atoms with Crippen LogP contribution in [-0.2, 0) is 14.8 Å². The molecule has 0 aromatic heterocycles. The number of aryl methyl sites for hydroxylation is 1. The van der Waals surface area contributed by atoms with Crippen molar-refractivity contribution in [2.45, 2.75) is 25.7 Å². The Kier molecular flexibility index (Phi) is 6.16. The smallest absolute Gasteiger partial charge is 0.241 e. The molecule has 0 unspecified atom stereocenters. The fourth-order valence-corrected chi connectivity index (χ4v) is 2.72. The average molecular weight is 363 g/mol. The molecule has 0 fully saturated rings. The number of hydrogen-bond acceptors (Lipinski definition) is 3. The second-order valence-electron chi connectivity index (χ2n) is 4.93. The standard InChI is InChI=1S/C13H19BrN2O3S/c1-9(2)7-15-13(17)8-16-20(18,19)11-4-5-12(14)10(3)6-11/h4-6,9,16H,7-8H2,1-3H3,(H,15,17). The van der Waals surface area contributed by atoms with Gasteiger partial charge < -0.3 is 5.32 Å². The fourth-order valence-electron chi connectivity index (χ4n) is 1.41. The van der Waals surface area contributed by atoms with Crippen LogP contribution in [0, 0.1) is 12.8 Å². The Balaban J connectivity index is 2.66. The number of nitrogens with one attached hydrogen (secondary N) is 2. The highest BCUT2D eigenvalue weighted by Crippen LogP contribution is 2.19. The van der Waals surface area contributed by atoms with E-state index in [-0.39, 0.29) is 17.3 Å². The lowest BCUT2D eigenvalue weighted by Gasteiger charge is -2.10. The summed E-state index contributed by atoms with van der Waals surface area (Å²) >= 11 is 3.31. The normalized spacial score (nSPS) is 11.7. The molecule has 1 rings (SSSR count). The molecule has 0 atom stereocenters. The van der Waals surface area contributed by atoms with Gasteiger partial charge in [0, 0.05) is 11.0 Å². The maximum atomic E-state index is 12.0. The third kappa shape index (κ3) is 5.22. The zero-order valence-corrected chi connectivity index (χ0v) is 14.1. The van der Waals surface area contributed by atoms with Crippen molar-refractivity contribution in [3.8, 4) is 0 Å². The number of carbonyl (C=O) groups is 1. The second kappa shape index (κ2) is 7.19. The number of hydrogen-bond donors (Lipinski definition) is 2. The van der Waals surface area contributed by atoms with Crippen LogP contribution in [0.1, 0.15) is 19.4 Å². The summed E-state index contributed by atoms with van der Waals surface area (Å²) in [5.41, 5.74) is 0.817. The lowest BCUT2D eigenvalue weighted by atomic mass is 10.2. The molecule has 0 heterocycles. The lowest BCUT2D eigenvalue weighted by Crippen LogP contribution is -2.38. The first-order chi connectivity index (χ1) is 9.22. The molecule has 20 heavy (non-hydrogen) atoms. The van der Waals surface area contributed by atoms with Crippen LogP contribution < -0.4 is 10.0 Å². The van der Waals surface area contributed by atoms with Crippen LogP contribution in [0.25, 0.3) is 0 Å². The zero-order chi connectivity index (χ0) is 15.3. The van der Waals surface area contributed by atoms with E-state index in [0.29, 0.717) is 12.5 Å². The Labute approximate surface area is 128 Å². The number of rotatable bonds is 6. The number of amides is 1.